The van der Waals surface area contributed by atoms with Crippen LogP contribution in [-0.2, 0) is 0 Å². The van der Waals surface area contributed by atoms with Gasteiger partial charge in [-0.1, -0.05) is 0 Å². The van der Waals surface area contributed by atoms with Gasteiger partial charge in [-0.05, 0) is 43.1 Å². The highest BCUT2D eigenvalue weighted by molar-refractivity contribution is 5.52. The molecule has 14 heavy (non-hydrogen) atoms. The maximum atomic E-state index is 5.93. The third-order valence-electron chi connectivity index (χ3n) is 2.73. The Morgan fingerprint density at radius 2 is 2.36 bits per heavy atom. The van der Waals surface area contributed by atoms with Gasteiger partial charge < -0.3 is 15.8 Å². The van der Waals surface area contributed by atoms with Crippen molar-refractivity contribution >= 4 is 5.69 Å². The number of anilines is 1. The minimum absolute atomic E-state index is 0.407. The maximum absolute atomic E-state index is 5.93. The van der Waals surface area contributed by atoms with Crippen molar-refractivity contribution in [1.82, 2.24) is 5.32 Å². The quantitative estimate of drug-likeness (QED) is 0.701. The van der Waals surface area contributed by atoms with Gasteiger partial charge in [0.1, 0.15) is 5.75 Å². The largest absolute Gasteiger partial charge is 0.497 e. The molecule has 0 spiro atoms. The molecule has 1 saturated heterocycles. The molecule has 1 aromatic carbocycles. The Morgan fingerprint density at radius 1 is 1.50 bits per heavy atom. The summed E-state index contributed by atoms with van der Waals surface area (Å²) in [5, 5.41) is 3.43. The molecule has 0 radical (unpaired) electrons. The first kappa shape index (κ1) is 9.34. The Hall–Kier alpha value is -1.22. The molecule has 1 aliphatic rings. The highest BCUT2D eigenvalue weighted by atomic mass is 16.5. The highest BCUT2D eigenvalue weighted by Gasteiger charge is 2.18. The summed E-state index contributed by atoms with van der Waals surface area (Å²) in [6, 6.07) is 6.24. The predicted octanol–water partition coefficient (Wildman–Crippen LogP) is 1.70. The van der Waals surface area contributed by atoms with Crippen molar-refractivity contribution in [2.75, 3.05) is 19.4 Å². The average Bonchev–Trinajstić information content (AvgIpc) is 2.71. The van der Waals surface area contributed by atoms with Gasteiger partial charge >= 0.3 is 0 Å². The van der Waals surface area contributed by atoms with Crippen LogP contribution in [-0.4, -0.2) is 13.7 Å². The van der Waals surface area contributed by atoms with Crippen LogP contribution in [0.15, 0.2) is 18.2 Å². The van der Waals surface area contributed by atoms with Crippen molar-refractivity contribution in [3.05, 3.63) is 23.8 Å². The Balaban J connectivity index is 2.29. The first-order valence-electron chi connectivity index (χ1n) is 4.98. The molecule has 0 aromatic heterocycles. The van der Waals surface area contributed by atoms with Crippen molar-refractivity contribution in [2.24, 2.45) is 0 Å². The van der Waals surface area contributed by atoms with E-state index in [1.807, 2.05) is 18.2 Å². The van der Waals surface area contributed by atoms with Crippen LogP contribution in [0.2, 0.25) is 0 Å². The zero-order valence-corrected chi connectivity index (χ0v) is 8.42. The van der Waals surface area contributed by atoms with Gasteiger partial charge in [0.2, 0.25) is 0 Å². The Labute approximate surface area is 84.3 Å². The number of hydrogen-bond donors (Lipinski definition) is 2. The fourth-order valence-electron chi connectivity index (χ4n) is 1.93. The molecule has 1 aliphatic heterocycles. The van der Waals surface area contributed by atoms with E-state index in [4.69, 9.17) is 10.5 Å². The summed E-state index contributed by atoms with van der Waals surface area (Å²) in [4.78, 5) is 0. The molecule has 3 N–H and O–H groups in total. The number of nitrogens with one attached hydrogen (secondary N) is 1. The lowest BCUT2D eigenvalue weighted by Crippen LogP contribution is -2.14. The molecule has 0 aliphatic carbocycles. The molecule has 1 heterocycles. The number of hydrogen-bond acceptors (Lipinski definition) is 3. The second-order valence-corrected chi connectivity index (χ2v) is 3.64. The SMILES string of the molecule is COc1ccc(N)c([C@H]2CCCN2)c1. The third-order valence-corrected chi connectivity index (χ3v) is 2.73. The standard InChI is InChI=1S/C11H16N2O/c1-14-8-4-5-10(12)9(7-8)11-3-2-6-13-11/h4-5,7,11,13H,2-3,6,12H2,1H3/t11-/m1/s1. The first-order valence-corrected chi connectivity index (χ1v) is 4.98. The van der Waals surface area contributed by atoms with Crippen LogP contribution in [0.5, 0.6) is 5.75 Å². The van der Waals surface area contributed by atoms with Gasteiger partial charge in [0.25, 0.3) is 0 Å². The first-order chi connectivity index (χ1) is 6.81. The van der Waals surface area contributed by atoms with Crippen molar-refractivity contribution in [2.45, 2.75) is 18.9 Å². The van der Waals surface area contributed by atoms with Gasteiger partial charge in [-0.2, -0.15) is 0 Å². The third kappa shape index (κ3) is 1.68. The molecule has 1 aromatic rings. The van der Waals surface area contributed by atoms with Crippen LogP contribution in [0.1, 0.15) is 24.4 Å². The number of rotatable bonds is 2. The van der Waals surface area contributed by atoms with E-state index in [9.17, 15) is 0 Å². The molecule has 3 nitrogen and oxygen atoms in total. The van der Waals surface area contributed by atoms with E-state index in [-0.39, 0.29) is 0 Å². The van der Waals surface area contributed by atoms with Gasteiger partial charge in [-0.15, -0.1) is 0 Å². The Kier molecular flexibility index (Phi) is 2.59. The number of benzene rings is 1. The fourth-order valence-corrected chi connectivity index (χ4v) is 1.93. The van der Waals surface area contributed by atoms with Crippen LogP contribution in [0.4, 0.5) is 5.69 Å². The lowest BCUT2D eigenvalue weighted by molar-refractivity contribution is 0.413. The van der Waals surface area contributed by atoms with Gasteiger partial charge in [0.05, 0.1) is 7.11 Å². The lowest BCUT2D eigenvalue weighted by atomic mass is 10.0. The summed E-state index contributed by atoms with van der Waals surface area (Å²) in [5.74, 6) is 0.878. The van der Waals surface area contributed by atoms with Crippen molar-refractivity contribution < 1.29 is 4.74 Å². The summed E-state index contributed by atoms with van der Waals surface area (Å²) in [7, 11) is 1.68. The van der Waals surface area contributed by atoms with Crippen molar-refractivity contribution in [3.8, 4) is 5.75 Å². The smallest absolute Gasteiger partial charge is 0.119 e. The molecule has 1 fully saturated rings. The molecule has 0 bridgehead atoms. The topological polar surface area (TPSA) is 47.3 Å². The normalized spacial score (nSPS) is 21.1. The van der Waals surface area contributed by atoms with Gasteiger partial charge in [-0.3, -0.25) is 0 Å². The molecule has 76 valence electrons. The van der Waals surface area contributed by atoms with Crippen LogP contribution >= 0.6 is 0 Å². The van der Waals surface area contributed by atoms with E-state index in [2.05, 4.69) is 5.32 Å². The predicted molar refractivity (Wildman–Crippen MR) is 57.4 cm³/mol. The van der Waals surface area contributed by atoms with Crippen LogP contribution < -0.4 is 15.8 Å². The summed E-state index contributed by atoms with van der Waals surface area (Å²) >= 11 is 0. The minimum atomic E-state index is 0.407. The second-order valence-electron chi connectivity index (χ2n) is 3.64. The number of nitrogens with two attached hydrogens (primary N) is 1. The molecule has 1 atom stereocenters. The van der Waals surface area contributed by atoms with Crippen LogP contribution in [0, 0.1) is 0 Å². The summed E-state index contributed by atoms with van der Waals surface area (Å²) in [5.41, 5.74) is 7.95. The Morgan fingerprint density at radius 3 is 3.00 bits per heavy atom. The second kappa shape index (κ2) is 3.88. The zero-order valence-electron chi connectivity index (χ0n) is 8.42. The number of nitrogen functional groups attached to an aromatic ring is 1. The van der Waals surface area contributed by atoms with Crippen molar-refractivity contribution in [3.63, 3.8) is 0 Å². The van der Waals surface area contributed by atoms with E-state index in [1.54, 1.807) is 7.11 Å². The van der Waals surface area contributed by atoms with E-state index in [0.717, 1.165) is 24.4 Å². The number of methoxy groups -OCH3 is 1. The highest BCUT2D eigenvalue weighted by Crippen LogP contribution is 2.30. The Bertz CT molecular complexity index is 319. The lowest BCUT2D eigenvalue weighted by Gasteiger charge is -2.14. The van der Waals surface area contributed by atoms with Crippen molar-refractivity contribution in [1.29, 1.82) is 0 Å². The zero-order chi connectivity index (χ0) is 9.97. The van der Waals surface area contributed by atoms with E-state index in [1.165, 1.54) is 12.0 Å². The molecule has 2 rings (SSSR count). The van der Waals surface area contributed by atoms with Gasteiger partial charge in [0.15, 0.2) is 0 Å². The molecular weight excluding hydrogens is 176 g/mol. The molecule has 3 heteroatoms. The maximum Gasteiger partial charge on any atom is 0.119 e. The van der Waals surface area contributed by atoms with E-state index >= 15 is 0 Å². The summed E-state index contributed by atoms with van der Waals surface area (Å²) < 4.78 is 5.19. The summed E-state index contributed by atoms with van der Waals surface area (Å²) in [6.07, 6.45) is 2.39. The van der Waals surface area contributed by atoms with E-state index < -0.39 is 0 Å². The number of ether oxygens (including phenoxy) is 1. The molecular formula is C11H16N2O. The van der Waals surface area contributed by atoms with Gasteiger partial charge in [0, 0.05) is 11.7 Å². The molecule has 0 unspecified atom stereocenters. The molecule has 0 amide bonds. The summed E-state index contributed by atoms with van der Waals surface area (Å²) in [6.45, 7) is 1.08. The van der Waals surface area contributed by atoms with Crippen LogP contribution in [0.25, 0.3) is 0 Å². The average molecular weight is 192 g/mol. The van der Waals surface area contributed by atoms with E-state index in [0.29, 0.717) is 6.04 Å². The van der Waals surface area contributed by atoms with Crippen LogP contribution in [0.3, 0.4) is 0 Å². The fraction of sp³-hybridized carbons (Fsp3) is 0.455. The monoisotopic (exact) mass is 192 g/mol. The van der Waals surface area contributed by atoms with Gasteiger partial charge in [-0.25, -0.2) is 0 Å². The minimum Gasteiger partial charge on any atom is -0.497 e. The molecule has 0 saturated carbocycles.